The Balaban J connectivity index is 2.17. The molecule has 1 amide bonds. The highest BCUT2D eigenvalue weighted by atomic mass is 16.3. The summed E-state index contributed by atoms with van der Waals surface area (Å²) in [5, 5.41) is 9.75. The molecule has 2 rings (SSSR count). The summed E-state index contributed by atoms with van der Waals surface area (Å²) in [4.78, 5) is 14.1. The Labute approximate surface area is 114 Å². The zero-order valence-electron chi connectivity index (χ0n) is 11.9. The van der Waals surface area contributed by atoms with E-state index in [0.29, 0.717) is 19.5 Å². The lowest BCUT2D eigenvalue weighted by atomic mass is 10.0. The number of aryl methyl sites for hydroxylation is 1. The van der Waals surface area contributed by atoms with Crippen molar-refractivity contribution < 1.29 is 9.90 Å². The fourth-order valence-electron chi connectivity index (χ4n) is 2.38. The molecule has 0 saturated carbocycles. The van der Waals surface area contributed by atoms with E-state index < -0.39 is 5.60 Å². The number of hydrogen-bond acceptors (Lipinski definition) is 3. The van der Waals surface area contributed by atoms with E-state index in [4.69, 9.17) is 5.73 Å². The minimum absolute atomic E-state index is 0.0500. The van der Waals surface area contributed by atoms with Crippen molar-refractivity contribution >= 4 is 11.6 Å². The molecule has 4 nitrogen and oxygen atoms in total. The third-order valence-electron chi connectivity index (χ3n) is 3.62. The van der Waals surface area contributed by atoms with Crippen molar-refractivity contribution in [3.8, 4) is 0 Å². The van der Waals surface area contributed by atoms with Gasteiger partial charge in [0, 0.05) is 24.3 Å². The van der Waals surface area contributed by atoms with Gasteiger partial charge in [0.2, 0.25) is 0 Å². The molecular weight excluding hydrogens is 240 g/mol. The second-order valence-corrected chi connectivity index (χ2v) is 5.85. The third-order valence-corrected chi connectivity index (χ3v) is 3.62. The van der Waals surface area contributed by atoms with Crippen molar-refractivity contribution in [3.63, 3.8) is 0 Å². The van der Waals surface area contributed by atoms with Crippen molar-refractivity contribution in [1.29, 1.82) is 0 Å². The SMILES string of the molecule is CCc1cc2c(cc1N)CN(CCC(C)(C)O)C2=O. The number of aliphatic hydroxyl groups is 1. The lowest BCUT2D eigenvalue weighted by Crippen LogP contribution is -2.31. The van der Waals surface area contributed by atoms with Crippen LogP contribution in [0.1, 0.15) is 48.7 Å². The first-order valence-electron chi connectivity index (χ1n) is 6.74. The van der Waals surface area contributed by atoms with Crippen molar-refractivity contribution in [2.45, 2.75) is 45.8 Å². The lowest BCUT2D eigenvalue weighted by Gasteiger charge is -2.22. The summed E-state index contributed by atoms with van der Waals surface area (Å²) in [5.41, 5.74) is 8.77. The van der Waals surface area contributed by atoms with Crippen molar-refractivity contribution in [2.75, 3.05) is 12.3 Å². The zero-order chi connectivity index (χ0) is 14.2. The predicted molar refractivity (Wildman–Crippen MR) is 75.9 cm³/mol. The van der Waals surface area contributed by atoms with E-state index in [1.807, 2.05) is 19.1 Å². The molecule has 19 heavy (non-hydrogen) atoms. The fraction of sp³-hybridized carbons (Fsp3) is 0.533. The van der Waals surface area contributed by atoms with Crippen LogP contribution in [0, 0.1) is 0 Å². The molecule has 0 unspecified atom stereocenters. The van der Waals surface area contributed by atoms with Crippen LogP contribution in [-0.2, 0) is 13.0 Å². The van der Waals surface area contributed by atoms with Crippen molar-refractivity contribution in [3.05, 3.63) is 28.8 Å². The van der Waals surface area contributed by atoms with Gasteiger partial charge in [-0.25, -0.2) is 0 Å². The Hall–Kier alpha value is -1.55. The number of carbonyl (C=O) groups is 1. The minimum atomic E-state index is -0.747. The van der Waals surface area contributed by atoms with E-state index in [-0.39, 0.29) is 5.91 Å². The zero-order valence-corrected chi connectivity index (χ0v) is 11.9. The fourth-order valence-corrected chi connectivity index (χ4v) is 2.38. The van der Waals surface area contributed by atoms with Crippen LogP contribution < -0.4 is 5.73 Å². The van der Waals surface area contributed by atoms with Gasteiger partial charge < -0.3 is 15.7 Å². The summed E-state index contributed by atoms with van der Waals surface area (Å²) in [7, 11) is 0. The van der Waals surface area contributed by atoms with Gasteiger partial charge in [-0.1, -0.05) is 6.92 Å². The maximum absolute atomic E-state index is 12.3. The quantitative estimate of drug-likeness (QED) is 0.815. The molecule has 0 aliphatic carbocycles. The number of nitrogen functional groups attached to an aromatic ring is 1. The largest absolute Gasteiger partial charge is 0.398 e. The summed E-state index contributed by atoms with van der Waals surface area (Å²) in [6.07, 6.45) is 1.40. The second kappa shape index (κ2) is 4.85. The second-order valence-electron chi connectivity index (χ2n) is 5.85. The van der Waals surface area contributed by atoms with Gasteiger partial charge in [0.25, 0.3) is 5.91 Å². The minimum Gasteiger partial charge on any atom is -0.398 e. The van der Waals surface area contributed by atoms with E-state index in [1.54, 1.807) is 18.7 Å². The first-order valence-corrected chi connectivity index (χ1v) is 6.74. The summed E-state index contributed by atoms with van der Waals surface area (Å²) >= 11 is 0. The Bertz CT molecular complexity index is 504. The topological polar surface area (TPSA) is 66.6 Å². The average Bonchev–Trinajstić information content (AvgIpc) is 2.61. The Kier molecular flexibility index (Phi) is 3.54. The number of carbonyl (C=O) groups excluding carboxylic acids is 1. The van der Waals surface area contributed by atoms with E-state index >= 15 is 0 Å². The van der Waals surface area contributed by atoms with Gasteiger partial charge in [-0.15, -0.1) is 0 Å². The van der Waals surface area contributed by atoms with Gasteiger partial charge in [-0.3, -0.25) is 4.79 Å². The molecule has 0 spiro atoms. The van der Waals surface area contributed by atoms with E-state index in [9.17, 15) is 9.90 Å². The summed E-state index contributed by atoms with van der Waals surface area (Å²) < 4.78 is 0. The van der Waals surface area contributed by atoms with E-state index in [2.05, 4.69) is 0 Å². The first-order chi connectivity index (χ1) is 8.81. The monoisotopic (exact) mass is 262 g/mol. The van der Waals surface area contributed by atoms with Gasteiger partial charge in [0.05, 0.1) is 5.60 Å². The molecule has 0 saturated heterocycles. The molecule has 1 aromatic carbocycles. The molecule has 4 heteroatoms. The van der Waals surface area contributed by atoms with Crippen LogP contribution in [-0.4, -0.2) is 28.1 Å². The van der Waals surface area contributed by atoms with Gasteiger partial charge in [-0.05, 0) is 49.9 Å². The smallest absolute Gasteiger partial charge is 0.254 e. The highest BCUT2D eigenvalue weighted by Crippen LogP contribution is 2.28. The number of amides is 1. The predicted octanol–water partition coefficient (Wildman–Crippen LogP) is 1.95. The van der Waals surface area contributed by atoms with Gasteiger partial charge in [0.1, 0.15) is 0 Å². The summed E-state index contributed by atoms with van der Waals surface area (Å²) in [6, 6.07) is 3.83. The number of benzene rings is 1. The first kappa shape index (κ1) is 13.9. The number of anilines is 1. The number of fused-ring (bicyclic) bond motifs is 1. The average molecular weight is 262 g/mol. The number of nitrogens with zero attached hydrogens (tertiary/aromatic N) is 1. The van der Waals surface area contributed by atoms with Crippen LogP contribution in [0.4, 0.5) is 5.69 Å². The Morgan fingerprint density at radius 2 is 2.11 bits per heavy atom. The van der Waals surface area contributed by atoms with Gasteiger partial charge >= 0.3 is 0 Å². The summed E-state index contributed by atoms with van der Waals surface area (Å²) in [5.74, 6) is 0.0500. The molecule has 1 aliphatic heterocycles. The van der Waals surface area contributed by atoms with E-state index in [0.717, 1.165) is 28.8 Å². The Morgan fingerprint density at radius 3 is 2.68 bits per heavy atom. The standard InChI is InChI=1S/C15H22N2O2/c1-4-10-7-12-11(8-13(10)16)9-17(14(12)18)6-5-15(2,3)19/h7-8,19H,4-6,9,16H2,1-3H3. The molecule has 3 N–H and O–H groups in total. The van der Waals surface area contributed by atoms with E-state index in [1.165, 1.54) is 0 Å². The molecule has 1 aromatic rings. The maximum Gasteiger partial charge on any atom is 0.254 e. The molecule has 1 heterocycles. The third kappa shape index (κ3) is 2.89. The van der Waals surface area contributed by atoms with Crippen molar-refractivity contribution in [2.24, 2.45) is 0 Å². The molecular formula is C15H22N2O2. The molecule has 0 fully saturated rings. The van der Waals surface area contributed by atoms with Crippen LogP contribution in [0.3, 0.4) is 0 Å². The molecule has 0 radical (unpaired) electrons. The van der Waals surface area contributed by atoms with Crippen molar-refractivity contribution in [1.82, 2.24) is 4.90 Å². The normalized spacial score (nSPS) is 14.9. The van der Waals surface area contributed by atoms with Gasteiger partial charge in [0.15, 0.2) is 0 Å². The molecule has 0 atom stereocenters. The van der Waals surface area contributed by atoms with Crippen LogP contribution in [0.2, 0.25) is 0 Å². The maximum atomic E-state index is 12.3. The van der Waals surface area contributed by atoms with Crippen LogP contribution in [0.5, 0.6) is 0 Å². The Morgan fingerprint density at radius 1 is 1.42 bits per heavy atom. The highest BCUT2D eigenvalue weighted by Gasteiger charge is 2.29. The molecule has 1 aliphatic rings. The summed E-state index contributed by atoms with van der Waals surface area (Å²) in [6.45, 7) is 6.71. The van der Waals surface area contributed by atoms with Crippen LogP contribution in [0.25, 0.3) is 0 Å². The number of nitrogens with two attached hydrogens (primary N) is 1. The molecule has 104 valence electrons. The van der Waals surface area contributed by atoms with Gasteiger partial charge in [-0.2, -0.15) is 0 Å². The highest BCUT2D eigenvalue weighted by molar-refractivity contribution is 5.99. The van der Waals surface area contributed by atoms with Crippen LogP contribution in [0.15, 0.2) is 12.1 Å². The van der Waals surface area contributed by atoms with Crippen LogP contribution >= 0.6 is 0 Å². The number of rotatable bonds is 4. The number of hydrogen-bond donors (Lipinski definition) is 2. The molecule has 0 bridgehead atoms. The molecule has 0 aromatic heterocycles. The lowest BCUT2D eigenvalue weighted by molar-refractivity contribution is 0.0517.